The zero-order valence-corrected chi connectivity index (χ0v) is 8.09. The lowest BCUT2D eigenvalue weighted by atomic mass is 10.3. The average Bonchev–Trinajstić information content (AvgIpc) is 2.43. The molecule has 2 rings (SSSR count). The van der Waals surface area contributed by atoms with E-state index in [2.05, 4.69) is 0 Å². The molecule has 0 saturated carbocycles. The third kappa shape index (κ3) is 1.29. The molecule has 1 heterocycles. The monoisotopic (exact) mass is 190 g/mol. The first-order chi connectivity index (χ1) is 6.70. The zero-order valence-electron chi connectivity index (χ0n) is 8.09. The van der Waals surface area contributed by atoms with Gasteiger partial charge in [-0.1, -0.05) is 18.2 Å². The second-order valence-electron chi connectivity index (χ2n) is 3.33. The number of anilines is 1. The molecule has 0 bridgehead atoms. The first kappa shape index (κ1) is 8.90. The van der Waals surface area contributed by atoms with E-state index < -0.39 is 0 Å². The standard InChI is InChI=1S/C10H14N4/c1-13-7-9(11)10(12)14(13)8-5-3-2-4-6-8/h2-7,10H,11-12H2,1H3. The van der Waals surface area contributed by atoms with Gasteiger partial charge in [-0.25, -0.2) is 0 Å². The van der Waals surface area contributed by atoms with Crippen LogP contribution < -0.4 is 16.5 Å². The van der Waals surface area contributed by atoms with Gasteiger partial charge in [-0.2, -0.15) is 0 Å². The van der Waals surface area contributed by atoms with E-state index in [-0.39, 0.29) is 6.17 Å². The zero-order chi connectivity index (χ0) is 10.1. The van der Waals surface area contributed by atoms with Gasteiger partial charge < -0.3 is 11.5 Å². The smallest absolute Gasteiger partial charge is 0.139 e. The van der Waals surface area contributed by atoms with Crippen LogP contribution in [0.4, 0.5) is 5.69 Å². The summed E-state index contributed by atoms with van der Waals surface area (Å²) in [7, 11) is 1.92. The Morgan fingerprint density at radius 1 is 1.21 bits per heavy atom. The van der Waals surface area contributed by atoms with Gasteiger partial charge in [-0.15, -0.1) is 0 Å². The molecule has 74 valence electrons. The second kappa shape index (κ2) is 3.23. The maximum atomic E-state index is 5.94. The Balaban J connectivity index is 2.30. The van der Waals surface area contributed by atoms with Crippen LogP contribution in [-0.4, -0.2) is 18.2 Å². The Kier molecular flexibility index (Phi) is 2.05. The number of hydrazine groups is 1. The summed E-state index contributed by atoms with van der Waals surface area (Å²) in [4.78, 5) is 0. The van der Waals surface area contributed by atoms with Crippen LogP contribution in [0.15, 0.2) is 42.2 Å². The fourth-order valence-electron chi connectivity index (χ4n) is 1.62. The number of hydrogen-bond acceptors (Lipinski definition) is 4. The number of nitrogens with zero attached hydrogens (tertiary/aromatic N) is 2. The van der Waals surface area contributed by atoms with Crippen molar-refractivity contribution in [1.29, 1.82) is 0 Å². The van der Waals surface area contributed by atoms with Crippen LogP contribution in [-0.2, 0) is 0 Å². The Morgan fingerprint density at radius 3 is 2.36 bits per heavy atom. The van der Waals surface area contributed by atoms with Gasteiger partial charge in [-0.3, -0.25) is 10.0 Å². The van der Waals surface area contributed by atoms with Crippen LogP contribution in [0.2, 0.25) is 0 Å². The third-order valence-corrected chi connectivity index (χ3v) is 2.30. The molecule has 4 nitrogen and oxygen atoms in total. The van der Waals surface area contributed by atoms with E-state index in [0.717, 1.165) is 5.69 Å². The molecule has 14 heavy (non-hydrogen) atoms. The van der Waals surface area contributed by atoms with Gasteiger partial charge in [0.15, 0.2) is 0 Å². The lowest BCUT2D eigenvalue weighted by Gasteiger charge is -2.31. The number of rotatable bonds is 1. The first-order valence-corrected chi connectivity index (χ1v) is 4.50. The Hall–Kier alpha value is -1.68. The van der Waals surface area contributed by atoms with E-state index in [1.807, 2.05) is 53.6 Å². The van der Waals surface area contributed by atoms with Gasteiger partial charge in [0.05, 0.1) is 11.4 Å². The van der Waals surface area contributed by atoms with Crippen molar-refractivity contribution >= 4 is 5.69 Å². The summed E-state index contributed by atoms with van der Waals surface area (Å²) in [6.07, 6.45) is 1.57. The van der Waals surface area contributed by atoms with Gasteiger partial charge in [0.1, 0.15) is 6.17 Å². The van der Waals surface area contributed by atoms with Crippen molar-refractivity contribution < 1.29 is 0 Å². The largest absolute Gasteiger partial charge is 0.398 e. The SMILES string of the molecule is CN1C=C(N)C(N)N1c1ccccc1. The molecule has 0 saturated heterocycles. The Morgan fingerprint density at radius 2 is 1.86 bits per heavy atom. The predicted molar refractivity (Wildman–Crippen MR) is 56.9 cm³/mol. The minimum absolute atomic E-state index is 0.262. The molecule has 4 N–H and O–H groups in total. The first-order valence-electron chi connectivity index (χ1n) is 4.50. The number of para-hydroxylation sites is 1. The number of nitrogens with two attached hydrogens (primary N) is 2. The lowest BCUT2D eigenvalue weighted by molar-refractivity contribution is 0.418. The minimum Gasteiger partial charge on any atom is -0.398 e. The highest BCUT2D eigenvalue weighted by molar-refractivity contribution is 5.49. The molecule has 4 heteroatoms. The highest BCUT2D eigenvalue weighted by Gasteiger charge is 2.26. The molecule has 0 aliphatic carbocycles. The molecule has 0 radical (unpaired) electrons. The summed E-state index contributed by atoms with van der Waals surface area (Å²) in [6.45, 7) is 0. The molecule has 1 aromatic rings. The molecule has 1 atom stereocenters. The van der Waals surface area contributed by atoms with Crippen molar-refractivity contribution in [2.24, 2.45) is 11.5 Å². The van der Waals surface area contributed by atoms with Crippen LogP contribution in [0.1, 0.15) is 0 Å². The Labute approximate surface area is 83.4 Å². The van der Waals surface area contributed by atoms with Gasteiger partial charge in [0.2, 0.25) is 0 Å². The molecule has 1 unspecified atom stereocenters. The molecular weight excluding hydrogens is 176 g/mol. The summed E-state index contributed by atoms with van der Waals surface area (Å²) in [5.74, 6) is 0. The summed E-state index contributed by atoms with van der Waals surface area (Å²) in [5, 5.41) is 3.84. The topological polar surface area (TPSA) is 58.5 Å². The lowest BCUT2D eigenvalue weighted by Crippen LogP contribution is -2.46. The fraction of sp³-hybridized carbons (Fsp3) is 0.200. The van der Waals surface area contributed by atoms with Crippen molar-refractivity contribution in [1.82, 2.24) is 5.01 Å². The van der Waals surface area contributed by atoms with E-state index in [4.69, 9.17) is 11.5 Å². The number of hydrogen-bond donors (Lipinski definition) is 2. The van der Waals surface area contributed by atoms with Gasteiger partial charge in [-0.05, 0) is 12.1 Å². The fourth-order valence-corrected chi connectivity index (χ4v) is 1.62. The highest BCUT2D eigenvalue weighted by atomic mass is 15.7. The van der Waals surface area contributed by atoms with Crippen molar-refractivity contribution in [3.63, 3.8) is 0 Å². The normalized spacial score (nSPS) is 21.3. The second-order valence-corrected chi connectivity index (χ2v) is 3.33. The molecule has 1 aliphatic rings. The summed E-state index contributed by atoms with van der Waals surface area (Å²) < 4.78 is 0. The van der Waals surface area contributed by atoms with Crippen molar-refractivity contribution in [2.45, 2.75) is 6.17 Å². The maximum absolute atomic E-state index is 5.94. The van der Waals surface area contributed by atoms with E-state index in [0.29, 0.717) is 5.70 Å². The van der Waals surface area contributed by atoms with E-state index in [1.165, 1.54) is 0 Å². The summed E-state index contributed by atoms with van der Waals surface area (Å²) >= 11 is 0. The molecule has 0 fully saturated rings. The van der Waals surface area contributed by atoms with Crippen molar-refractivity contribution in [3.05, 3.63) is 42.2 Å². The van der Waals surface area contributed by atoms with Crippen molar-refractivity contribution in [3.8, 4) is 0 Å². The van der Waals surface area contributed by atoms with Crippen LogP contribution in [0.3, 0.4) is 0 Å². The van der Waals surface area contributed by atoms with Crippen LogP contribution in [0.25, 0.3) is 0 Å². The molecule has 1 aromatic carbocycles. The third-order valence-electron chi connectivity index (χ3n) is 2.30. The van der Waals surface area contributed by atoms with Crippen LogP contribution in [0, 0.1) is 0 Å². The van der Waals surface area contributed by atoms with Crippen molar-refractivity contribution in [2.75, 3.05) is 12.1 Å². The van der Waals surface area contributed by atoms with Crippen LogP contribution >= 0.6 is 0 Å². The molecule has 1 aliphatic heterocycles. The van der Waals surface area contributed by atoms with E-state index in [1.54, 1.807) is 0 Å². The van der Waals surface area contributed by atoms with Gasteiger partial charge >= 0.3 is 0 Å². The predicted octanol–water partition coefficient (Wildman–Crippen LogP) is 0.438. The maximum Gasteiger partial charge on any atom is 0.139 e. The summed E-state index contributed by atoms with van der Waals surface area (Å²) in [5.41, 5.74) is 13.4. The van der Waals surface area contributed by atoms with Gasteiger partial charge in [0.25, 0.3) is 0 Å². The quantitative estimate of drug-likeness (QED) is 0.674. The Bertz CT molecular complexity index is 346. The molecule has 0 spiro atoms. The van der Waals surface area contributed by atoms with Gasteiger partial charge in [0, 0.05) is 13.2 Å². The molecular formula is C10H14N4. The average molecular weight is 190 g/mol. The molecule has 0 aromatic heterocycles. The highest BCUT2D eigenvalue weighted by Crippen LogP contribution is 2.22. The van der Waals surface area contributed by atoms with E-state index in [9.17, 15) is 0 Å². The van der Waals surface area contributed by atoms with E-state index >= 15 is 0 Å². The van der Waals surface area contributed by atoms with Crippen LogP contribution in [0.5, 0.6) is 0 Å². The molecule has 0 amide bonds. The number of benzene rings is 1. The summed E-state index contributed by atoms with van der Waals surface area (Å²) in [6, 6.07) is 9.93. The minimum atomic E-state index is -0.262.